The summed E-state index contributed by atoms with van der Waals surface area (Å²) in [5.41, 5.74) is 8.64. The van der Waals surface area contributed by atoms with Crippen LogP contribution in [0.2, 0.25) is 0 Å². The van der Waals surface area contributed by atoms with Crippen molar-refractivity contribution in [2.24, 2.45) is 0 Å². The Bertz CT molecular complexity index is 713. The zero-order chi connectivity index (χ0) is 15.0. The second kappa shape index (κ2) is 5.01. The molecular weight excluding hydrogens is 268 g/mol. The molecule has 2 aromatic carbocycles. The molecule has 0 saturated heterocycles. The monoisotopic (exact) mass is 284 g/mol. The van der Waals surface area contributed by atoms with E-state index in [1.165, 1.54) is 0 Å². The molecule has 0 saturated carbocycles. The maximum atomic E-state index is 12.6. The third-order valence-corrected chi connectivity index (χ3v) is 3.61. The Labute approximate surface area is 122 Å². The van der Waals surface area contributed by atoms with E-state index in [0.717, 1.165) is 5.56 Å². The van der Waals surface area contributed by atoms with Crippen molar-refractivity contribution in [1.29, 1.82) is 0 Å². The first kappa shape index (κ1) is 13.3. The van der Waals surface area contributed by atoms with E-state index in [4.69, 9.17) is 15.2 Å². The number of nitrogens with two attached hydrogens (primary N) is 1. The van der Waals surface area contributed by atoms with Crippen LogP contribution in [0.5, 0.6) is 11.5 Å². The number of nitrogen functional groups attached to an aromatic ring is 1. The number of anilines is 2. The zero-order valence-corrected chi connectivity index (χ0v) is 11.9. The van der Waals surface area contributed by atoms with Crippen molar-refractivity contribution in [2.45, 2.75) is 6.54 Å². The Balaban J connectivity index is 2.05. The molecule has 1 aliphatic heterocycles. The average Bonchev–Trinajstić information content (AvgIpc) is 2.83. The first-order valence-corrected chi connectivity index (χ1v) is 6.56. The molecule has 0 aromatic heterocycles. The number of ether oxygens (including phenoxy) is 2. The molecular formula is C16H16N2O3. The summed E-state index contributed by atoms with van der Waals surface area (Å²) in [6.45, 7) is 0.498. The van der Waals surface area contributed by atoms with Gasteiger partial charge in [0.25, 0.3) is 5.91 Å². The summed E-state index contributed by atoms with van der Waals surface area (Å²) in [4.78, 5) is 14.3. The summed E-state index contributed by atoms with van der Waals surface area (Å²) in [6.07, 6.45) is 0. The first-order valence-electron chi connectivity index (χ1n) is 6.56. The van der Waals surface area contributed by atoms with Gasteiger partial charge in [0.2, 0.25) is 0 Å². The van der Waals surface area contributed by atoms with Crippen molar-refractivity contribution in [3.05, 3.63) is 47.5 Å². The summed E-state index contributed by atoms with van der Waals surface area (Å²) in [5.74, 6) is 1.22. The molecule has 0 unspecified atom stereocenters. The second-order valence-electron chi connectivity index (χ2n) is 4.85. The highest BCUT2D eigenvalue weighted by molar-refractivity contribution is 6.11. The zero-order valence-electron chi connectivity index (χ0n) is 11.9. The van der Waals surface area contributed by atoms with Crippen molar-refractivity contribution >= 4 is 17.3 Å². The minimum atomic E-state index is -0.0798. The van der Waals surface area contributed by atoms with Gasteiger partial charge in [0.05, 0.1) is 26.5 Å². The van der Waals surface area contributed by atoms with Gasteiger partial charge in [0.1, 0.15) is 11.5 Å². The number of methoxy groups -OCH3 is 2. The Hall–Kier alpha value is -2.69. The van der Waals surface area contributed by atoms with Crippen molar-refractivity contribution in [1.82, 2.24) is 0 Å². The molecule has 3 rings (SSSR count). The molecule has 1 heterocycles. The minimum Gasteiger partial charge on any atom is -0.497 e. The highest BCUT2D eigenvalue weighted by Gasteiger charge is 2.30. The largest absolute Gasteiger partial charge is 0.497 e. The van der Waals surface area contributed by atoms with E-state index < -0.39 is 0 Å². The van der Waals surface area contributed by atoms with Gasteiger partial charge in [-0.1, -0.05) is 6.07 Å². The van der Waals surface area contributed by atoms with E-state index in [-0.39, 0.29) is 5.91 Å². The van der Waals surface area contributed by atoms with E-state index in [1.54, 1.807) is 49.5 Å². The number of amides is 1. The van der Waals surface area contributed by atoms with Crippen LogP contribution in [0.1, 0.15) is 15.9 Å². The van der Waals surface area contributed by atoms with Crippen LogP contribution in [-0.4, -0.2) is 20.1 Å². The predicted molar refractivity (Wildman–Crippen MR) is 80.9 cm³/mol. The lowest BCUT2D eigenvalue weighted by Crippen LogP contribution is -2.23. The molecule has 0 atom stereocenters. The molecule has 0 fully saturated rings. The molecule has 0 spiro atoms. The average molecular weight is 284 g/mol. The Morgan fingerprint density at radius 3 is 2.62 bits per heavy atom. The quantitative estimate of drug-likeness (QED) is 0.879. The van der Waals surface area contributed by atoms with Crippen molar-refractivity contribution in [3.8, 4) is 11.5 Å². The summed E-state index contributed by atoms with van der Waals surface area (Å²) < 4.78 is 10.6. The second-order valence-corrected chi connectivity index (χ2v) is 4.85. The fourth-order valence-electron chi connectivity index (χ4n) is 2.52. The van der Waals surface area contributed by atoms with E-state index in [0.29, 0.717) is 35.0 Å². The lowest BCUT2D eigenvalue weighted by atomic mass is 10.1. The topological polar surface area (TPSA) is 64.8 Å². The maximum absolute atomic E-state index is 12.6. The SMILES string of the molecule is COc1ccc(OC)c(N2Cc3ccc(N)cc3C2=O)c1. The summed E-state index contributed by atoms with van der Waals surface area (Å²) in [6, 6.07) is 10.8. The third kappa shape index (κ3) is 2.16. The maximum Gasteiger partial charge on any atom is 0.259 e. The van der Waals surface area contributed by atoms with Crippen LogP contribution in [0.25, 0.3) is 0 Å². The molecule has 1 aliphatic rings. The fourth-order valence-corrected chi connectivity index (χ4v) is 2.52. The number of rotatable bonds is 3. The van der Waals surface area contributed by atoms with Crippen LogP contribution in [0, 0.1) is 0 Å². The molecule has 5 nitrogen and oxygen atoms in total. The molecule has 21 heavy (non-hydrogen) atoms. The van der Waals surface area contributed by atoms with Gasteiger partial charge < -0.3 is 20.1 Å². The Morgan fingerprint density at radius 2 is 1.90 bits per heavy atom. The summed E-state index contributed by atoms with van der Waals surface area (Å²) in [7, 11) is 3.17. The Kier molecular flexibility index (Phi) is 3.17. The smallest absolute Gasteiger partial charge is 0.259 e. The normalized spacial score (nSPS) is 13.2. The van der Waals surface area contributed by atoms with Crippen LogP contribution in [-0.2, 0) is 6.54 Å². The van der Waals surface area contributed by atoms with E-state index >= 15 is 0 Å². The van der Waals surface area contributed by atoms with Gasteiger partial charge in [0, 0.05) is 17.3 Å². The number of fused-ring (bicyclic) bond motifs is 1. The number of nitrogens with zero attached hydrogens (tertiary/aromatic N) is 1. The van der Waals surface area contributed by atoms with Crippen LogP contribution in [0.3, 0.4) is 0 Å². The lowest BCUT2D eigenvalue weighted by Gasteiger charge is -2.19. The molecule has 2 N–H and O–H groups in total. The number of carbonyl (C=O) groups excluding carboxylic acids is 1. The fraction of sp³-hybridized carbons (Fsp3) is 0.188. The third-order valence-electron chi connectivity index (χ3n) is 3.61. The van der Waals surface area contributed by atoms with Crippen LogP contribution in [0.4, 0.5) is 11.4 Å². The minimum absolute atomic E-state index is 0.0798. The van der Waals surface area contributed by atoms with Gasteiger partial charge in [-0.15, -0.1) is 0 Å². The van der Waals surface area contributed by atoms with Gasteiger partial charge in [-0.05, 0) is 29.8 Å². The molecule has 1 amide bonds. The van der Waals surface area contributed by atoms with Gasteiger partial charge in [-0.25, -0.2) is 0 Å². The molecule has 0 bridgehead atoms. The number of hydrogen-bond donors (Lipinski definition) is 1. The van der Waals surface area contributed by atoms with Crippen LogP contribution >= 0.6 is 0 Å². The van der Waals surface area contributed by atoms with Gasteiger partial charge in [-0.3, -0.25) is 4.79 Å². The molecule has 2 aromatic rings. The van der Waals surface area contributed by atoms with Crippen molar-refractivity contribution < 1.29 is 14.3 Å². The predicted octanol–water partition coefficient (Wildman–Crippen LogP) is 2.45. The lowest BCUT2D eigenvalue weighted by molar-refractivity contribution is 0.0996. The van der Waals surface area contributed by atoms with Gasteiger partial charge >= 0.3 is 0 Å². The molecule has 0 radical (unpaired) electrons. The standard InChI is InChI=1S/C16H16N2O3/c1-20-12-5-6-15(21-2)14(8-12)18-9-10-3-4-11(17)7-13(10)16(18)19/h3-8H,9,17H2,1-2H3. The summed E-state index contributed by atoms with van der Waals surface area (Å²) in [5, 5.41) is 0. The van der Waals surface area contributed by atoms with E-state index in [2.05, 4.69) is 0 Å². The first-order chi connectivity index (χ1) is 10.1. The van der Waals surface area contributed by atoms with Crippen molar-refractivity contribution in [2.75, 3.05) is 24.9 Å². The van der Waals surface area contributed by atoms with Gasteiger partial charge in [0.15, 0.2) is 0 Å². The van der Waals surface area contributed by atoms with E-state index in [9.17, 15) is 4.79 Å². The highest BCUT2D eigenvalue weighted by atomic mass is 16.5. The van der Waals surface area contributed by atoms with Crippen LogP contribution in [0.15, 0.2) is 36.4 Å². The number of carbonyl (C=O) groups is 1. The van der Waals surface area contributed by atoms with E-state index in [1.807, 2.05) is 6.07 Å². The molecule has 108 valence electrons. The highest BCUT2D eigenvalue weighted by Crippen LogP contribution is 2.37. The number of benzene rings is 2. The number of hydrogen-bond acceptors (Lipinski definition) is 4. The summed E-state index contributed by atoms with van der Waals surface area (Å²) >= 11 is 0. The molecule has 0 aliphatic carbocycles. The van der Waals surface area contributed by atoms with Crippen LogP contribution < -0.4 is 20.1 Å². The molecule has 5 heteroatoms. The van der Waals surface area contributed by atoms with Gasteiger partial charge in [-0.2, -0.15) is 0 Å². The van der Waals surface area contributed by atoms with Crippen molar-refractivity contribution in [3.63, 3.8) is 0 Å². The Morgan fingerprint density at radius 1 is 1.10 bits per heavy atom.